The van der Waals surface area contributed by atoms with Crippen molar-refractivity contribution in [3.63, 3.8) is 0 Å². The van der Waals surface area contributed by atoms with E-state index in [0.717, 1.165) is 0 Å². The van der Waals surface area contributed by atoms with E-state index in [0.29, 0.717) is 22.1 Å². The van der Waals surface area contributed by atoms with Gasteiger partial charge >= 0.3 is 0 Å². The largest absolute Gasteiger partial charge is 0.321 e. The van der Waals surface area contributed by atoms with Crippen molar-refractivity contribution in [2.45, 2.75) is 0 Å². The highest BCUT2D eigenvalue weighted by Crippen LogP contribution is 2.18. The second-order valence-corrected chi connectivity index (χ2v) is 5.70. The van der Waals surface area contributed by atoms with Crippen LogP contribution < -0.4 is 10.6 Å². The summed E-state index contributed by atoms with van der Waals surface area (Å²) >= 11 is 6.02. The average molecular weight is 355 g/mol. The maximum absolute atomic E-state index is 12.3. The lowest BCUT2D eigenvalue weighted by Crippen LogP contribution is -2.14. The van der Waals surface area contributed by atoms with Crippen LogP contribution in [0.15, 0.2) is 60.7 Å². The van der Waals surface area contributed by atoms with E-state index < -0.39 is 0 Å². The summed E-state index contributed by atoms with van der Waals surface area (Å²) in [7, 11) is 1.64. The highest BCUT2D eigenvalue weighted by atomic mass is 35.5. The second-order valence-electron chi connectivity index (χ2n) is 5.29. The van der Waals surface area contributed by atoms with Gasteiger partial charge in [0.05, 0.1) is 10.6 Å². The molecule has 2 N–H and O–H groups in total. The van der Waals surface area contributed by atoms with Crippen LogP contribution in [0.3, 0.4) is 0 Å². The van der Waals surface area contributed by atoms with Gasteiger partial charge in [-0.15, -0.1) is 0 Å². The molecule has 1 heterocycles. The van der Waals surface area contributed by atoms with E-state index in [4.69, 9.17) is 11.6 Å². The van der Waals surface area contributed by atoms with Gasteiger partial charge < -0.3 is 10.6 Å². The Labute approximate surface area is 149 Å². The van der Waals surface area contributed by atoms with Crippen molar-refractivity contribution >= 4 is 34.9 Å². The molecule has 0 spiro atoms. The maximum Gasteiger partial charge on any atom is 0.276 e. The quantitative estimate of drug-likeness (QED) is 0.751. The summed E-state index contributed by atoms with van der Waals surface area (Å²) in [6.45, 7) is 0. The number of amides is 2. The van der Waals surface area contributed by atoms with Gasteiger partial charge in [0.2, 0.25) is 0 Å². The molecule has 0 aliphatic rings. The van der Waals surface area contributed by atoms with Gasteiger partial charge in [0.25, 0.3) is 11.8 Å². The molecule has 0 aliphatic carbocycles. The molecule has 126 valence electrons. The number of hydrogen-bond donors (Lipinski definition) is 2. The van der Waals surface area contributed by atoms with Gasteiger partial charge in [-0.25, -0.2) is 0 Å². The van der Waals surface area contributed by atoms with Crippen LogP contribution in [0.2, 0.25) is 5.02 Å². The lowest BCUT2D eigenvalue weighted by Gasteiger charge is -2.06. The molecule has 0 bridgehead atoms. The first-order valence-electron chi connectivity index (χ1n) is 7.51. The Morgan fingerprint density at radius 3 is 2.36 bits per heavy atom. The number of halogens is 1. The van der Waals surface area contributed by atoms with Crippen molar-refractivity contribution in [1.29, 1.82) is 0 Å². The highest BCUT2D eigenvalue weighted by Gasteiger charge is 2.16. The Morgan fingerprint density at radius 1 is 0.960 bits per heavy atom. The Balaban J connectivity index is 1.75. The Kier molecular flexibility index (Phi) is 4.81. The highest BCUT2D eigenvalue weighted by molar-refractivity contribution is 6.34. The van der Waals surface area contributed by atoms with E-state index in [1.165, 1.54) is 10.7 Å². The smallest absolute Gasteiger partial charge is 0.276 e. The van der Waals surface area contributed by atoms with Gasteiger partial charge in [0.15, 0.2) is 5.69 Å². The van der Waals surface area contributed by atoms with Crippen molar-refractivity contribution in [2.75, 3.05) is 10.6 Å². The van der Waals surface area contributed by atoms with E-state index in [1.807, 2.05) is 18.2 Å². The third kappa shape index (κ3) is 3.87. The first-order chi connectivity index (χ1) is 12.0. The summed E-state index contributed by atoms with van der Waals surface area (Å²) in [4.78, 5) is 24.6. The van der Waals surface area contributed by atoms with Crippen molar-refractivity contribution in [1.82, 2.24) is 9.78 Å². The van der Waals surface area contributed by atoms with Crippen molar-refractivity contribution in [3.8, 4) is 0 Å². The number of benzene rings is 2. The fourth-order valence-electron chi connectivity index (χ4n) is 2.24. The zero-order chi connectivity index (χ0) is 17.8. The maximum atomic E-state index is 12.3. The number of nitrogens with zero attached hydrogens (tertiary/aromatic N) is 2. The second kappa shape index (κ2) is 7.19. The zero-order valence-electron chi connectivity index (χ0n) is 13.4. The van der Waals surface area contributed by atoms with Crippen LogP contribution in [0.5, 0.6) is 0 Å². The molecule has 2 amide bonds. The zero-order valence-corrected chi connectivity index (χ0v) is 14.1. The van der Waals surface area contributed by atoms with Gasteiger partial charge in [0, 0.05) is 18.8 Å². The minimum absolute atomic E-state index is 0.195. The van der Waals surface area contributed by atoms with Crippen LogP contribution in [0.4, 0.5) is 11.5 Å². The molecule has 0 radical (unpaired) electrons. The minimum Gasteiger partial charge on any atom is -0.321 e. The van der Waals surface area contributed by atoms with Crippen LogP contribution >= 0.6 is 11.6 Å². The van der Waals surface area contributed by atoms with Crippen molar-refractivity contribution in [2.24, 2.45) is 7.05 Å². The fourth-order valence-corrected chi connectivity index (χ4v) is 2.46. The number of para-hydroxylation sites is 1. The molecule has 0 aliphatic heterocycles. The molecule has 1 aromatic heterocycles. The van der Waals surface area contributed by atoms with E-state index in [1.54, 1.807) is 43.4 Å². The lowest BCUT2D eigenvalue weighted by atomic mass is 10.2. The number of aromatic nitrogens is 2. The summed E-state index contributed by atoms with van der Waals surface area (Å²) in [6.07, 6.45) is 0. The summed E-state index contributed by atoms with van der Waals surface area (Å²) in [5.74, 6) is -0.341. The van der Waals surface area contributed by atoms with Crippen LogP contribution in [0.25, 0.3) is 0 Å². The Morgan fingerprint density at radius 2 is 1.64 bits per heavy atom. The third-order valence-electron chi connectivity index (χ3n) is 3.50. The SMILES string of the molecule is Cn1nc(C(=O)Nc2ccccc2)cc1NC(=O)c1ccccc1Cl. The number of hydrogen-bond acceptors (Lipinski definition) is 3. The normalized spacial score (nSPS) is 10.3. The van der Waals surface area contributed by atoms with Crippen LogP contribution in [-0.4, -0.2) is 21.6 Å². The first-order valence-corrected chi connectivity index (χ1v) is 7.89. The molecule has 0 unspecified atom stereocenters. The fraction of sp³-hybridized carbons (Fsp3) is 0.0556. The predicted molar refractivity (Wildman–Crippen MR) is 97.0 cm³/mol. The molecular formula is C18H15ClN4O2. The van der Waals surface area contributed by atoms with Crippen molar-refractivity contribution in [3.05, 3.63) is 76.9 Å². The molecule has 0 saturated heterocycles. The molecule has 0 saturated carbocycles. The average Bonchev–Trinajstić information content (AvgIpc) is 2.97. The molecule has 3 rings (SSSR count). The lowest BCUT2D eigenvalue weighted by molar-refractivity contribution is 0.101. The molecule has 0 atom stereocenters. The Bertz CT molecular complexity index is 922. The van der Waals surface area contributed by atoms with Crippen LogP contribution in [-0.2, 0) is 7.05 Å². The molecular weight excluding hydrogens is 340 g/mol. The van der Waals surface area contributed by atoms with Gasteiger partial charge in [-0.3, -0.25) is 14.3 Å². The number of aryl methyl sites for hydroxylation is 1. The standard InChI is InChI=1S/C18H15ClN4O2/c1-23-16(21-17(24)13-9-5-6-10-14(13)19)11-15(22-23)18(25)20-12-7-3-2-4-8-12/h2-11H,1H3,(H,20,25)(H,21,24). The van der Waals surface area contributed by atoms with E-state index in [2.05, 4.69) is 15.7 Å². The molecule has 0 fully saturated rings. The molecule has 6 nitrogen and oxygen atoms in total. The topological polar surface area (TPSA) is 76.0 Å². The van der Waals surface area contributed by atoms with E-state index >= 15 is 0 Å². The van der Waals surface area contributed by atoms with Gasteiger partial charge in [-0.1, -0.05) is 41.9 Å². The summed E-state index contributed by atoms with van der Waals surface area (Å²) < 4.78 is 1.43. The Hall–Kier alpha value is -3.12. The van der Waals surface area contributed by atoms with Crippen LogP contribution in [0, 0.1) is 0 Å². The number of nitrogens with one attached hydrogen (secondary N) is 2. The summed E-state index contributed by atoms with van der Waals surface area (Å²) in [5, 5.41) is 9.93. The number of rotatable bonds is 4. The first kappa shape index (κ1) is 16.7. The van der Waals surface area contributed by atoms with Crippen molar-refractivity contribution < 1.29 is 9.59 Å². The number of carbonyl (C=O) groups excluding carboxylic acids is 2. The minimum atomic E-state index is -0.372. The van der Waals surface area contributed by atoms with Gasteiger partial charge in [0.1, 0.15) is 5.82 Å². The monoisotopic (exact) mass is 354 g/mol. The summed E-state index contributed by atoms with van der Waals surface area (Å²) in [6, 6.07) is 17.3. The molecule has 2 aromatic carbocycles. The molecule has 3 aromatic rings. The van der Waals surface area contributed by atoms with E-state index in [9.17, 15) is 9.59 Å². The van der Waals surface area contributed by atoms with E-state index in [-0.39, 0.29) is 17.5 Å². The number of anilines is 2. The summed E-state index contributed by atoms with van der Waals surface area (Å²) in [5.41, 5.74) is 1.21. The van der Waals surface area contributed by atoms with Gasteiger partial charge in [-0.05, 0) is 24.3 Å². The number of carbonyl (C=O) groups is 2. The van der Waals surface area contributed by atoms with Gasteiger partial charge in [-0.2, -0.15) is 5.10 Å². The van der Waals surface area contributed by atoms with Crippen LogP contribution in [0.1, 0.15) is 20.8 Å². The molecule has 25 heavy (non-hydrogen) atoms. The third-order valence-corrected chi connectivity index (χ3v) is 3.83. The predicted octanol–water partition coefficient (Wildman–Crippen LogP) is 3.58. The molecule has 7 heteroatoms.